The quantitative estimate of drug-likeness (QED) is 0.889. The van der Waals surface area contributed by atoms with Crippen LogP contribution in [0.4, 0.5) is 5.82 Å². The van der Waals surface area contributed by atoms with Crippen LogP contribution in [0.15, 0.2) is 42.5 Å². The summed E-state index contributed by atoms with van der Waals surface area (Å²) in [5.41, 5.74) is 9.14. The molecule has 1 heterocycles. The van der Waals surface area contributed by atoms with Crippen molar-refractivity contribution < 1.29 is 0 Å². The van der Waals surface area contributed by atoms with Crippen LogP contribution >= 0.6 is 0 Å². The van der Waals surface area contributed by atoms with E-state index >= 15 is 0 Å². The highest BCUT2D eigenvalue weighted by Gasteiger charge is 2.22. The molecule has 1 aromatic carbocycles. The zero-order valence-corrected chi connectivity index (χ0v) is 13.3. The molecule has 3 rings (SSSR count). The summed E-state index contributed by atoms with van der Waals surface area (Å²) in [7, 11) is 0. The van der Waals surface area contributed by atoms with E-state index in [0.717, 1.165) is 22.6 Å². The lowest BCUT2D eigenvalue weighted by Gasteiger charge is -2.30. The van der Waals surface area contributed by atoms with E-state index in [2.05, 4.69) is 36.5 Å². The molecular formula is C19H25N3. The predicted octanol–water partition coefficient (Wildman–Crippen LogP) is 4.20. The van der Waals surface area contributed by atoms with Crippen molar-refractivity contribution >= 4 is 5.82 Å². The van der Waals surface area contributed by atoms with Crippen LogP contribution in [0.2, 0.25) is 0 Å². The Hall–Kier alpha value is -1.87. The van der Waals surface area contributed by atoms with Gasteiger partial charge < -0.3 is 11.1 Å². The molecule has 116 valence electrons. The first kappa shape index (κ1) is 15.0. The molecule has 0 amide bonds. The highest BCUT2D eigenvalue weighted by molar-refractivity contribution is 5.63. The fourth-order valence-corrected chi connectivity index (χ4v) is 3.25. The largest absolute Gasteiger partial charge is 0.367 e. The summed E-state index contributed by atoms with van der Waals surface area (Å²) < 4.78 is 0. The number of rotatable bonds is 4. The Bertz CT molecular complexity index is 609. The number of nitrogens with one attached hydrogen (secondary N) is 1. The lowest BCUT2D eigenvalue weighted by molar-refractivity contribution is 0.349. The van der Waals surface area contributed by atoms with Gasteiger partial charge in [0, 0.05) is 23.7 Å². The number of aromatic nitrogens is 1. The number of nitrogens with zero attached hydrogens (tertiary/aromatic N) is 1. The molecule has 1 fully saturated rings. The van der Waals surface area contributed by atoms with Crippen LogP contribution in [0.5, 0.6) is 0 Å². The highest BCUT2D eigenvalue weighted by atomic mass is 15.0. The van der Waals surface area contributed by atoms with E-state index in [-0.39, 0.29) is 0 Å². The molecule has 22 heavy (non-hydrogen) atoms. The number of benzene rings is 1. The van der Waals surface area contributed by atoms with E-state index in [0.29, 0.717) is 18.5 Å². The van der Waals surface area contributed by atoms with Gasteiger partial charge in [-0.05, 0) is 24.8 Å². The first-order chi connectivity index (χ1) is 10.8. The molecule has 1 aliphatic rings. The third kappa shape index (κ3) is 3.30. The Kier molecular flexibility index (Phi) is 4.74. The maximum Gasteiger partial charge on any atom is 0.131 e. The van der Waals surface area contributed by atoms with Crippen LogP contribution in [0.1, 0.15) is 38.2 Å². The molecule has 0 aliphatic heterocycles. The van der Waals surface area contributed by atoms with E-state index in [9.17, 15) is 0 Å². The maximum atomic E-state index is 5.90. The third-order valence-corrected chi connectivity index (χ3v) is 4.70. The molecule has 0 spiro atoms. The second kappa shape index (κ2) is 6.93. The van der Waals surface area contributed by atoms with Crippen molar-refractivity contribution in [1.29, 1.82) is 0 Å². The Morgan fingerprint density at radius 1 is 1.09 bits per heavy atom. The number of hydrogen-bond donors (Lipinski definition) is 2. The Morgan fingerprint density at radius 3 is 2.59 bits per heavy atom. The summed E-state index contributed by atoms with van der Waals surface area (Å²) >= 11 is 0. The van der Waals surface area contributed by atoms with Crippen molar-refractivity contribution in [3.05, 3.63) is 48.0 Å². The zero-order valence-electron chi connectivity index (χ0n) is 13.3. The number of anilines is 1. The van der Waals surface area contributed by atoms with Crippen LogP contribution in [-0.4, -0.2) is 11.0 Å². The molecule has 1 saturated carbocycles. The molecule has 2 aromatic rings. The molecule has 3 heteroatoms. The van der Waals surface area contributed by atoms with E-state index in [1.807, 2.05) is 18.2 Å². The summed E-state index contributed by atoms with van der Waals surface area (Å²) in [6.07, 6.45) is 5.18. The average molecular weight is 295 g/mol. The van der Waals surface area contributed by atoms with E-state index < -0.39 is 0 Å². The van der Waals surface area contributed by atoms with Crippen molar-refractivity contribution in [3.63, 3.8) is 0 Å². The van der Waals surface area contributed by atoms with Crippen molar-refractivity contribution in [2.24, 2.45) is 11.7 Å². The predicted molar refractivity (Wildman–Crippen MR) is 92.6 cm³/mol. The Labute approximate surface area is 133 Å². The smallest absolute Gasteiger partial charge is 0.131 e. The van der Waals surface area contributed by atoms with E-state index in [4.69, 9.17) is 10.7 Å². The minimum Gasteiger partial charge on any atom is -0.367 e. The van der Waals surface area contributed by atoms with Crippen LogP contribution in [-0.2, 0) is 6.54 Å². The molecular weight excluding hydrogens is 270 g/mol. The molecule has 2 unspecified atom stereocenters. The van der Waals surface area contributed by atoms with Gasteiger partial charge in [-0.25, -0.2) is 4.98 Å². The molecule has 1 aliphatic carbocycles. The van der Waals surface area contributed by atoms with Crippen molar-refractivity contribution in [2.45, 2.75) is 45.2 Å². The van der Waals surface area contributed by atoms with Gasteiger partial charge in [0.05, 0.1) is 5.69 Å². The van der Waals surface area contributed by atoms with Gasteiger partial charge in [-0.2, -0.15) is 0 Å². The standard InChI is InChI=1S/C19H25N3/c1-14-7-5-6-10-17(14)21-19-16(13-20)11-12-18(22-19)15-8-3-2-4-9-15/h2-4,8-9,11-12,14,17H,5-7,10,13,20H2,1H3,(H,21,22). The summed E-state index contributed by atoms with van der Waals surface area (Å²) in [5, 5.41) is 3.67. The number of pyridine rings is 1. The molecule has 1 aromatic heterocycles. The van der Waals surface area contributed by atoms with Crippen LogP contribution in [0.3, 0.4) is 0 Å². The van der Waals surface area contributed by atoms with Crippen molar-refractivity contribution in [2.75, 3.05) is 5.32 Å². The van der Waals surface area contributed by atoms with Gasteiger partial charge in [-0.15, -0.1) is 0 Å². The van der Waals surface area contributed by atoms with Crippen molar-refractivity contribution in [3.8, 4) is 11.3 Å². The Balaban J connectivity index is 1.88. The summed E-state index contributed by atoms with van der Waals surface area (Å²) in [5.74, 6) is 1.66. The minimum atomic E-state index is 0.512. The topological polar surface area (TPSA) is 50.9 Å². The molecule has 0 saturated heterocycles. The van der Waals surface area contributed by atoms with Gasteiger partial charge >= 0.3 is 0 Å². The van der Waals surface area contributed by atoms with Crippen molar-refractivity contribution in [1.82, 2.24) is 4.98 Å². The van der Waals surface area contributed by atoms with E-state index in [1.165, 1.54) is 25.7 Å². The Morgan fingerprint density at radius 2 is 1.86 bits per heavy atom. The normalized spacial score (nSPS) is 21.5. The summed E-state index contributed by atoms with van der Waals surface area (Å²) in [4.78, 5) is 4.85. The molecule has 2 atom stereocenters. The highest BCUT2D eigenvalue weighted by Crippen LogP contribution is 2.28. The first-order valence-electron chi connectivity index (χ1n) is 8.30. The van der Waals surface area contributed by atoms with Gasteiger partial charge in [0.15, 0.2) is 0 Å². The maximum absolute atomic E-state index is 5.90. The lowest BCUT2D eigenvalue weighted by Crippen LogP contribution is -2.31. The lowest BCUT2D eigenvalue weighted by atomic mass is 9.86. The minimum absolute atomic E-state index is 0.512. The number of nitrogens with two attached hydrogens (primary N) is 1. The van der Waals surface area contributed by atoms with Gasteiger partial charge in [-0.3, -0.25) is 0 Å². The second-order valence-electron chi connectivity index (χ2n) is 6.29. The molecule has 0 radical (unpaired) electrons. The average Bonchev–Trinajstić information content (AvgIpc) is 2.58. The first-order valence-corrected chi connectivity index (χ1v) is 8.30. The monoisotopic (exact) mass is 295 g/mol. The summed E-state index contributed by atoms with van der Waals surface area (Å²) in [6.45, 7) is 2.85. The van der Waals surface area contributed by atoms with Gasteiger partial charge in [0.1, 0.15) is 5.82 Å². The summed E-state index contributed by atoms with van der Waals surface area (Å²) in [6, 6.07) is 15.0. The van der Waals surface area contributed by atoms with Gasteiger partial charge in [-0.1, -0.05) is 56.2 Å². The molecule has 3 nitrogen and oxygen atoms in total. The molecule has 0 bridgehead atoms. The zero-order chi connectivity index (χ0) is 15.4. The van der Waals surface area contributed by atoms with Gasteiger partial charge in [0.25, 0.3) is 0 Å². The fraction of sp³-hybridized carbons (Fsp3) is 0.421. The van der Waals surface area contributed by atoms with Crippen LogP contribution in [0, 0.1) is 5.92 Å². The van der Waals surface area contributed by atoms with E-state index in [1.54, 1.807) is 0 Å². The molecule has 3 N–H and O–H groups in total. The second-order valence-corrected chi connectivity index (χ2v) is 6.29. The SMILES string of the molecule is CC1CCCCC1Nc1nc(-c2ccccc2)ccc1CN. The van der Waals surface area contributed by atoms with Crippen LogP contribution < -0.4 is 11.1 Å². The third-order valence-electron chi connectivity index (χ3n) is 4.70. The van der Waals surface area contributed by atoms with Gasteiger partial charge in [0.2, 0.25) is 0 Å². The number of hydrogen-bond acceptors (Lipinski definition) is 3. The van der Waals surface area contributed by atoms with Crippen LogP contribution in [0.25, 0.3) is 11.3 Å². The fourth-order valence-electron chi connectivity index (χ4n) is 3.25.